The van der Waals surface area contributed by atoms with Crippen LogP contribution >= 0.6 is 0 Å². The van der Waals surface area contributed by atoms with E-state index in [1.54, 1.807) is 19.9 Å². The molecule has 10 heteroatoms. The summed E-state index contributed by atoms with van der Waals surface area (Å²) in [7, 11) is 0. The first-order valence-electron chi connectivity index (χ1n) is 10.5. The lowest BCUT2D eigenvalue weighted by molar-refractivity contribution is -0.132. The average Bonchev–Trinajstić information content (AvgIpc) is 3.19. The van der Waals surface area contributed by atoms with Crippen molar-refractivity contribution < 1.29 is 19.1 Å². The number of hydrazine groups is 1. The van der Waals surface area contributed by atoms with Gasteiger partial charge in [-0.25, -0.2) is 9.50 Å². The summed E-state index contributed by atoms with van der Waals surface area (Å²) in [4.78, 5) is 40.6. The Labute approximate surface area is 191 Å². The Morgan fingerprint density at radius 1 is 1.15 bits per heavy atom. The van der Waals surface area contributed by atoms with Gasteiger partial charge in [0.25, 0.3) is 11.8 Å². The number of rotatable bonds is 7. The summed E-state index contributed by atoms with van der Waals surface area (Å²) in [5.41, 5.74) is 15.1. The summed E-state index contributed by atoms with van der Waals surface area (Å²) in [6.07, 6.45) is 1.08. The van der Waals surface area contributed by atoms with Crippen LogP contribution < -0.4 is 21.3 Å². The van der Waals surface area contributed by atoms with E-state index in [4.69, 9.17) is 10.5 Å². The fourth-order valence-corrected chi connectivity index (χ4v) is 3.48. The van der Waals surface area contributed by atoms with Crippen molar-refractivity contribution in [2.24, 2.45) is 5.73 Å². The van der Waals surface area contributed by atoms with E-state index >= 15 is 0 Å². The second kappa shape index (κ2) is 9.68. The average molecular weight is 453 g/mol. The molecule has 1 aromatic carbocycles. The highest BCUT2D eigenvalue weighted by molar-refractivity contribution is 5.98. The minimum atomic E-state index is -0.791. The van der Waals surface area contributed by atoms with Crippen molar-refractivity contribution in [3.8, 4) is 5.75 Å². The fourth-order valence-electron chi connectivity index (χ4n) is 3.48. The van der Waals surface area contributed by atoms with Gasteiger partial charge in [-0.3, -0.25) is 25.2 Å². The monoisotopic (exact) mass is 452 g/mol. The number of aromatic nitrogens is 3. The van der Waals surface area contributed by atoms with E-state index in [2.05, 4.69) is 20.9 Å². The van der Waals surface area contributed by atoms with Gasteiger partial charge in [0.2, 0.25) is 5.91 Å². The zero-order chi connectivity index (χ0) is 24.3. The topological polar surface area (TPSA) is 141 Å². The van der Waals surface area contributed by atoms with E-state index in [0.717, 1.165) is 22.4 Å². The summed E-state index contributed by atoms with van der Waals surface area (Å²) in [6.45, 7) is 9.13. The van der Waals surface area contributed by atoms with E-state index in [9.17, 15) is 14.4 Å². The van der Waals surface area contributed by atoms with Crippen LogP contribution in [0.2, 0.25) is 0 Å². The van der Waals surface area contributed by atoms with Crippen molar-refractivity contribution in [2.75, 3.05) is 0 Å². The number of carbonyl (C=O) groups is 3. The zero-order valence-corrected chi connectivity index (χ0v) is 19.4. The summed E-state index contributed by atoms with van der Waals surface area (Å²) in [6, 6.07) is 5.62. The molecule has 0 aliphatic rings. The summed E-state index contributed by atoms with van der Waals surface area (Å²) in [5, 5.41) is 4.18. The van der Waals surface area contributed by atoms with Crippen LogP contribution in [0.25, 0.3) is 5.65 Å². The Balaban J connectivity index is 1.57. The Morgan fingerprint density at radius 2 is 1.88 bits per heavy atom. The normalized spacial score (nSPS) is 11.8. The Morgan fingerprint density at radius 3 is 2.58 bits per heavy atom. The number of nitrogens with one attached hydrogen (secondary N) is 2. The van der Waals surface area contributed by atoms with Gasteiger partial charge in [0.1, 0.15) is 11.3 Å². The lowest BCUT2D eigenvalue weighted by Gasteiger charge is -2.17. The molecule has 2 heterocycles. The number of amides is 3. The van der Waals surface area contributed by atoms with Crippen LogP contribution in [0.1, 0.15) is 51.8 Å². The van der Waals surface area contributed by atoms with Crippen molar-refractivity contribution in [1.82, 2.24) is 25.4 Å². The molecule has 3 aromatic rings. The number of ether oxygens (including phenoxy) is 1. The number of benzene rings is 1. The number of nitrogens with zero attached hydrogens (tertiary/aromatic N) is 3. The van der Waals surface area contributed by atoms with Crippen LogP contribution in [0.5, 0.6) is 5.75 Å². The van der Waals surface area contributed by atoms with E-state index < -0.39 is 17.9 Å². The van der Waals surface area contributed by atoms with E-state index in [0.29, 0.717) is 23.5 Å². The van der Waals surface area contributed by atoms with E-state index in [1.165, 1.54) is 10.7 Å². The number of carbonyl (C=O) groups excluding carboxylic acids is 3. The highest BCUT2D eigenvalue weighted by atomic mass is 16.5. The van der Waals surface area contributed by atoms with Crippen LogP contribution in [-0.4, -0.2) is 38.4 Å². The Bertz CT molecular complexity index is 1230. The zero-order valence-electron chi connectivity index (χ0n) is 19.4. The molecule has 3 amide bonds. The molecule has 0 fully saturated rings. The van der Waals surface area contributed by atoms with Gasteiger partial charge in [-0.15, -0.1) is 0 Å². The van der Waals surface area contributed by atoms with Crippen LogP contribution in [0.4, 0.5) is 0 Å². The highest BCUT2D eigenvalue weighted by Gasteiger charge is 2.19. The predicted octanol–water partition coefficient (Wildman–Crippen LogP) is 1.61. The molecule has 0 saturated carbocycles. The van der Waals surface area contributed by atoms with Gasteiger partial charge in [0.05, 0.1) is 6.20 Å². The van der Waals surface area contributed by atoms with Gasteiger partial charge in [0, 0.05) is 17.8 Å². The van der Waals surface area contributed by atoms with Crippen molar-refractivity contribution >= 4 is 23.4 Å². The van der Waals surface area contributed by atoms with Gasteiger partial charge < -0.3 is 10.5 Å². The molecule has 2 aromatic heterocycles. The summed E-state index contributed by atoms with van der Waals surface area (Å²) in [5.74, 6) is -0.805. The first-order valence-corrected chi connectivity index (χ1v) is 10.5. The lowest BCUT2D eigenvalue weighted by atomic mass is 10.1. The second-order valence-corrected chi connectivity index (χ2v) is 7.91. The molecular weight excluding hydrogens is 424 g/mol. The van der Waals surface area contributed by atoms with Gasteiger partial charge in [-0.2, -0.15) is 5.10 Å². The molecular formula is C23H28N6O4. The summed E-state index contributed by atoms with van der Waals surface area (Å²) < 4.78 is 7.26. The first kappa shape index (κ1) is 23.7. The van der Waals surface area contributed by atoms with Gasteiger partial charge in [0.15, 0.2) is 11.8 Å². The fraction of sp³-hybridized carbons (Fsp3) is 0.348. The third-order valence-corrected chi connectivity index (χ3v) is 5.63. The number of fused-ring (bicyclic) bond motifs is 1. The number of primary amides is 1. The molecule has 4 N–H and O–H groups in total. The molecule has 174 valence electrons. The number of hydrogen-bond donors (Lipinski definition) is 3. The third-order valence-electron chi connectivity index (χ3n) is 5.63. The molecule has 0 bridgehead atoms. The number of nitrogens with two attached hydrogens (primary N) is 1. The highest BCUT2D eigenvalue weighted by Crippen LogP contribution is 2.22. The maximum atomic E-state index is 12.3. The molecule has 3 rings (SSSR count). The Kier molecular flexibility index (Phi) is 6.95. The van der Waals surface area contributed by atoms with Crippen LogP contribution in [0, 0.1) is 27.7 Å². The van der Waals surface area contributed by atoms with E-state index in [1.807, 2.05) is 32.9 Å². The molecule has 0 radical (unpaired) electrons. The molecule has 0 spiro atoms. The molecule has 33 heavy (non-hydrogen) atoms. The molecule has 0 aliphatic heterocycles. The summed E-state index contributed by atoms with van der Waals surface area (Å²) >= 11 is 0. The van der Waals surface area contributed by atoms with E-state index in [-0.39, 0.29) is 17.9 Å². The largest absolute Gasteiger partial charge is 0.481 e. The molecule has 0 saturated heterocycles. The predicted molar refractivity (Wildman–Crippen MR) is 122 cm³/mol. The van der Waals surface area contributed by atoms with Crippen LogP contribution in [0.3, 0.4) is 0 Å². The lowest BCUT2D eigenvalue weighted by Crippen LogP contribution is -2.47. The molecule has 1 unspecified atom stereocenters. The maximum absolute atomic E-state index is 12.3. The number of aryl methyl sites for hydroxylation is 3. The quantitative estimate of drug-likeness (QED) is 0.465. The minimum Gasteiger partial charge on any atom is -0.481 e. The molecule has 10 nitrogen and oxygen atoms in total. The Hall–Kier alpha value is -3.95. The van der Waals surface area contributed by atoms with Gasteiger partial charge in [-0.05, 0) is 63.8 Å². The molecule has 0 aliphatic carbocycles. The third kappa shape index (κ3) is 5.11. The van der Waals surface area contributed by atoms with Crippen molar-refractivity contribution in [3.05, 3.63) is 58.0 Å². The van der Waals surface area contributed by atoms with Crippen LogP contribution in [-0.2, 0) is 16.0 Å². The van der Waals surface area contributed by atoms with Gasteiger partial charge in [-0.1, -0.05) is 12.1 Å². The second-order valence-electron chi connectivity index (χ2n) is 7.91. The van der Waals surface area contributed by atoms with Crippen LogP contribution in [0.15, 0.2) is 24.4 Å². The smallest absolute Gasteiger partial charge is 0.279 e. The maximum Gasteiger partial charge on any atom is 0.279 e. The van der Waals surface area contributed by atoms with Crippen molar-refractivity contribution in [1.29, 1.82) is 0 Å². The SMILES string of the molecule is Cc1cccc(OC(C)C(=O)NNC(=O)CCc2c(C)nc3c(C(N)=O)cnn3c2C)c1C. The minimum absolute atomic E-state index is 0.116. The van der Waals surface area contributed by atoms with Crippen molar-refractivity contribution in [3.63, 3.8) is 0 Å². The first-order chi connectivity index (χ1) is 15.6. The van der Waals surface area contributed by atoms with Crippen molar-refractivity contribution in [2.45, 2.75) is 53.6 Å². The van der Waals surface area contributed by atoms with Gasteiger partial charge >= 0.3 is 0 Å². The number of hydrogen-bond acceptors (Lipinski definition) is 6. The standard InChI is InChI=1S/C23H28N6O4/c1-12-7-6-8-19(13(12)2)33-16(5)23(32)28-27-20(30)10-9-17-14(3)26-22-18(21(24)31)11-25-29(22)15(17)4/h6-8,11,16H,9-10H2,1-5H3,(H2,24,31)(H,27,30)(H,28,32). The molecule has 1 atom stereocenters.